The fourth-order valence-corrected chi connectivity index (χ4v) is 3.18. The third kappa shape index (κ3) is 3.44. The van der Waals surface area contributed by atoms with Crippen molar-refractivity contribution in [1.29, 1.82) is 0 Å². The van der Waals surface area contributed by atoms with Crippen molar-refractivity contribution in [3.05, 3.63) is 59.6 Å². The van der Waals surface area contributed by atoms with Crippen molar-refractivity contribution < 1.29 is 4.79 Å². The summed E-state index contributed by atoms with van der Waals surface area (Å²) in [6, 6.07) is 9.43. The van der Waals surface area contributed by atoms with Crippen molar-refractivity contribution in [2.24, 2.45) is 7.05 Å². The van der Waals surface area contributed by atoms with Crippen LogP contribution in [0.3, 0.4) is 0 Å². The highest BCUT2D eigenvalue weighted by molar-refractivity contribution is 6.33. The molecule has 1 amide bonds. The monoisotopic (exact) mass is 394 g/mol. The molecule has 28 heavy (non-hydrogen) atoms. The van der Waals surface area contributed by atoms with E-state index in [1.807, 2.05) is 37.5 Å². The van der Waals surface area contributed by atoms with Crippen LogP contribution >= 0.6 is 11.6 Å². The molecule has 0 saturated carbocycles. The maximum absolute atomic E-state index is 12.1. The fourth-order valence-electron chi connectivity index (χ4n) is 2.95. The average molecular weight is 395 g/mol. The van der Waals surface area contributed by atoms with E-state index in [1.54, 1.807) is 37.2 Å². The summed E-state index contributed by atoms with van der Waals surface area (Å²) in [5, 5.41) is 8.87. The summed E-state index contributed by atoms with van der Waals surface area (Å²) in [5.74, 6) is 0.550. The standard InChI is InChI=1S/C20H19ClN6O/c1-26(2)20(28)18-7-13-9-22-19(8-17(13)24-18)25-16-5-4-12(6-15(16)21)14-10-23-27(3)11-14/h4-11,24H,1-3H3,(H,22,25). The highest BCUT2D eigenvalue weighted by Gasteiger charge is 2.12. The zero-order valence-electron chi connectivity index (χ0n) is 15.7. The Bertz CT molecular complexity index is 1180. The number of hydrogen-bond acceptors (Lipinski definition) is 4. The van der Waals surface area contributed by atoms with Gasteiger partial charge in [-0.2, -0.15) is 5.10 Å². The smallest absolute Gasteiger partial charge is 0.269 e. The van der Waals surface area contributed by atoms with Crippen molar-refractivity contribution in [3.8, 4) is 11.1 Å². The molecule has 0 spiro atoms. The molecule has 0 aliphatic rings. The number of pyridine rings is 1. The van der Waals surface area contributed by atoms with Gasteiger partial charge in [0.2, 0.25) is 0 Å². The molecule has 0 aliphatic heterocycles. The minimum atomic E-state index is -0.0836. The van der Waals surface area contributed by atoms with Gasteiger partial charge in [-0.1, -0.05) is 17.7 Å². The molecule has 0 fully saturated rings. The Morgan fingerprint density at radius 2 is 2.00 bits per heavy atom. The second-order valence-corrected chi connectivity index (χ2v) is 7.17. The molecule has 4 rings (SSSR count). The normalized spacial score (nSPS) is 11.0. The predicted octanol–water partition coefficient (Wildman–Crippen LogP) is 4.06. The number of H-pyrrole nitrogens is 1. The number of anilines is 2. The molecule has 7 nitrogen and oxygen atoms in total. The van der Waals surface area contributed by atoms with Crippen LogP contribution in [0.25, 0.3) is 22.0 Å². The van der Waals surface area contributed by atoms with Gasteiger partial charge in [0.25, 0.3) is 5.91 Å². The maximum Gasteiger partial charge on any atom is 0.269 e. The number of halogens is 1. The topological polar surface area (TPSA) is 78.8 Å². The molecule has 8 heteroatoms. The molecule has 142 valence electrons. The van der Waals surface area contributed by atoms with Crippen LogP contribution in [-0.2, 0) is 7.05 Å². The molecule has 0 aliphatic carbocycles. The first-order valence-electron chi connectivity index (χ1n) is 8.67. The maximum atomic E-state index is 12.1. The van der Waals surface area contributed by atoms with E-state index in [1.165, 1.54) is 4.90 Å². The molecule has 3 aromatic heterocycles. The summed E-state index contributed by atoms with van der Waals surface area (Å²) in [6.07, 6.45) is 5.46. The zero-order chi connectivity index (χ0) is 19.8. The fraction of sp³-hybridized carbons (Fsp3) is 0.150. The first-order valence-corrected chi connectivity index (χ1v) is 9.04. The Kier molecular flexibility index (Phi) is 4.52. The van der Waals surface area contributed by atoms with Crippen LogP contribution in [0.1, 0.15) is 10.5 Å². The number of rotatable bonds is 4. The van der Waals surface area contributed by atoms with E-state index in [0.29, 0.717) is 16.5 Å². The van der Waals surface area contributed by atoms with Gasteiger partial charge in [-0.05, 0) is 23.8 Å². The molecule has 2 N–H and O–H groups in total. The first-order chi connectivity index (χ1) is 13.4. The van der Waals surface area contributed by atoms with E-state index in [-0.39, 0.29) is 5.91 Å². The zero-order valence-corrected chi connectivity index (χ0v) is 16.4. The molecular weight excluding hydrogens is 376 g/mol. The van der Waals surface area contributed by atoms with E-state index in [9.17, 15) is 4.79 Å². The second kappa shape index (κ2) is 7.01. The lowest BCUT2D eigenvalue weighted by Crippen LogP contribution is -2.21. The van der Waals surface area contributed by atoms with E-state index < -0.39 is 0 Å². The number of aromatic nitrogens is 4. The number of aromatic amines is 1. The number of benzene rings is 1. The van der Waals surface area contributed by atoms with Crippen molar-refractivity contribution in [3.63, 3.8) is 0 Å². The van der Waals surface area contributed by atoms with E-state index >= 15 is 0 Å². The highest BCUT2D eigenvalue weighted by Crippen LogP contribution is 2.30. The van der Waals surface area contributed by atoms with Gasteiger partial charge in [-0.3, -0.25) is 9.48 Å². The number of hydrogen-bond donors (Lipinski definition) is 2. The SMILES string of the molecule is CN(C)C(=O)c1cc2cnc(Nc3ccc(-c4cnn(C)c4)cc3Cl)cc2[nH]1. The van der Waals surface area contributed by atoms with Crippen molar-refractivity contribution >= 4 is 39.9 Å². The number of fused-ring (bicyclic) bond motifs is 1. The molecular formula is C20H19ClN6O. The lowest BCUT2D eigenvalue weighted by Gasteiger charge is -2.09. The summed E-state index contributed by atoms with van der Waals surface area (Å²) in [6.45, 7) is 0. The lowest BCUT2D eigenvalue weighted by molar-refractivity contribution is 0.0823. The molecule has 0 radical (unpaired) electrons. The van der Waals surface area contributed by atoms with Crippen LogP contribution in [0, 0.1) is 0 Å². The third-order valence-electron chi connectivity index (χ3n) is 4.41. The largest absolute Gasteiger partial charge is 0.350 e. The van der Waals surface area contributed by atoms with Gasteiger partial charge in [0.1, 0.15) is 11.5 Å². The Labute approximate surface area is 166 Å². The molecule has 4 aromatic rings. The van der Waals surface area contributed by atoms with Gasteiger partial charge < -0.3 is 15.2 Å². The van der Waals surface area contributed by atoms with Gasteiger partial charge in [0.05, 0.1) is 22.4 Å². The summed E-state index contributed by atoms with van der Waals surface area (Å²) >= 11 is 6.46. The highest BCUT2D eigenvalue weighted by atomic mass is 35.5. The Morgan fingerprint density at radius 3 is 2.68 bits per heavy atom. The van der Waals surface area contributed by atoms with Crippen LogP contribution in [0.15, 0.2) is 48.9 Å². The molecule has 0 atom stereocenters. The van der Waals surface area contributed by atoms with E-state index in [4.69, 9.17) is 11.6 Å². The van der Waals surface area contributed by atoms with E-state index in [0.717, 1.165) is 27.7 Å². The molecule has 0 bridgehead atoms. The molecule has 1 aromatic carbocycles. The third-order valence-corrected chi connectivity index (χ3v) is 4.72. The summed E-state index contributed by atoms with van der Waals surface area (Å²) in [5.41, 5.74) is 4.09. The van der Waals surface area contributed by atoms with Crippen LogP contribution < -0.4 is 5.32 Å². The van der Waals surface area contributed by atoms with Crippen LogP contribution in [0.4, 0.5) is 11.5 Å². The van der Waals surface area contributed by atoms with Crippen LogP contribution in [0.5, 0.6) is 0 Å². The number of nitrogens with one attached hydrogen (secondary N) is 2. The quantitative estimate of drug-likeness (QED) is 0.547. The number of amides is 1. The second-order valence-electron chi connectivity index (χ2n) is 6.76. The molecule has 0 saturated heterocycles. The number of carbonyl (C=O) groups excluding carboxylic acids is 1. The Morgan fingerprint density at radius 1 is 1.18 bits per heavy atom. The van der Waals surface area contributed by atoms with Crippen LogP contribution in [0.2, 0.25) is 5.02 Å². The summed E-state index contributed by atoms with van der Waals surface area (Å²) < 4.78 is 1.75. The molecule has 0 unspecified atom stereocenters. The Hall–Kier alpha value is -3.32. The molecule has 3 heterocycles. The van der Waals surface area contributed by atoms with Crippen molar-refractivity contribution in [2.45, 2.75) is 0 Å². The van der Waals surface area contributed by atoms with Crippen LogP contribution in [-0.4, -0.2) is 44.7 Å². The summed E-state index contributed by atoms with van der Waals surface area (Å²) in [7, 11) is 5.31. The first kappa shape index (κ1) is 18.1. The van der Waals surface area contributed by atoms with E-state index in [2.05, 4.69) is 20.4 Å². The summed E-state index contributed by atoms with van der Waals surface area (Å²) in [4.78, 5) is 21.2. The van der Waals surface area contributed by atoms with Crippen molar-refractivity contribution in [1.82, 2.24) is 24.6 Å². The van der Waals surface area contributed by atoms with Gasteiger partial charge in [0.15, 0.2) is 0 Å². The minimum Gasteiger partial charge on any atom is -0.350 e. The Balaban J connectivity index is 1.60. The average Bonchev–Trinajstić information content (AvgIpc) is 3.28. The van der Waals surface area contributed by atoms with Gasteiger partial charge in [-0.15, -0.1) is 0 Å². The van der Waals surface area contributed by atoms with Crippen molar-refractivity contribution in [2.75, 3.05) is 19.4 Å². The lowest BCUT2D eigenvalue weighted by atomic mass is 10.1. The van der Waals surface area contributed by atoms with Gasteiger partial charge >= 0.3 is 0 Å². The number of nitrogens with zero attached hydrogens (tertiary/aromatic N) is 4. The number of carbonyl (C=O) groups is 1. The van der Waals surface area contributed by atoms with Gasteiger partial charge in [-0.25, -0.2) is 4.98 Å². The van der Waals surface area contributed by atoms with Gasteiger partial charge in [0, 0.05) is 50.6 Å². The minimum absolute atomic E-state index is 0.0836. The number of aryl methyl sites for hydroxylation is 1. The predicted molar refractivity (Wildman–Crippen MR) is 111 cm³/mol.